The Morgan fingerprint density at radius 2 is 2.11 bits per heavy atom. The van der Waals surface area contributed by atoms with Crippen molar-refractivity contribution in [1.29, 1.82) is 0 Å². The van der Waals surface area contributed by atoms with Gasteiger partial charge in [0.1, 0.15) is 11.6 Å². The Bertz CT molecular complexity index is 439. The fourth-order valence-electron chi connectivity index (χ4n) is 2.66. The number of aryl methyl sites for hydroxylation is 1. The molecule has 1 aromatic carbocycles. The van der Waals surface area contributed by atoms with Crippen molar-refractivity contribution in [1.82, 2.24) is 4.90 Å². The topological polar surface area (TPSA) is 29.3 Å². The van der Waals surface area contributed by atoms with Crippen LogP contribution in [0, 0.1) is 24.5 Å². The Morgan fingerprint density at radius 3 is 2.67 bits per heavy atom. The van der Waals surface area contributed by atoms with Gasteiger partial charge in [0.15, 0.2) is 0 Å². The Balaban J connectivity index is 2.45. The molecule has 1 aromatic rings. The fourth-order valence-corrected chi connectivity index (χ4v) is 2.93. The number of benzene rings is 1. The molecule has 2 atom stereocenters. The van der Waals surface area contributed by atoms with E-state index in [1.807, 2.05) is 11.9 Å². The molecule has 0 amide bonds. The Hall–Kier alpha value is -0.710. The second kappa shape index (κ2) is 5.11. The van der Waals surface area contributed by atoms with Gasteiger partial charge in [0, 0.05) is 18.2 Å². The lowest BCUT2D eigenvalue weighted by Gasteiger charge is -2.22. The van der Waals surface area contributed by atoms with Crippen LogP contribution in [0.25, 0.3) is 0 Å². The minimum Gasteiger partial charge on any atom is -0.330 e. The summed E-state index contributed by atoms with van der Waals surface area (Å²) in [6.07, 6.45) is 0.667. The number of halogens is 3. The number of likely N-dealkylation sites (tertiary alicyclic amines) is 1. The van der Waals surface area contributed by atoms with Gasteiger partial charge in [0.25, 0.3) is 0 Å². The van der Waals surface area contributed by atoms with Gasteiger partial charge >= 0.3 is 0 Å². The van der Waals surface area contributed by atoms with Crippen molar-refractivity contribution in [3.63, 3.8) is 0 Å². The highest BCUT2D eigenvalue weighted by atomic mass is 35.5. The predicted molar refractivity (Wildman–Crippen MR) is 68.6 cm³/mol. The molecule has 0 aliphatic carbocycles. The van der Waals surface area contributed by atoms with Gasteiger partial charge in [0.2, 0.25) is 0 Å². The molecule has 1 fully saturated rings. The summed E-state index contributed by atoms with van der Waals surface area (Å²) in [6, 6.07) is 1.04. The average molecular weight is 275 g/mol. The second-order valence-electron chi connectivity index (χ2n) is 5.01. The highest BCUT2D eigenvalue weighted by molar-refractivity contribution is 6.30. The molecule has 2 nitrogen and oxygen atoms in total. The molecule has 0 aromatic heterocycles. The van der Waals surface area contributed by atoms with Crippen molar-refractivity contribution in [2.75, 3.05) is 20.1 Å². The monoisotopic (exact) mass is 274 g/mol. The Kier molecular flexibility index (Phi) is 3.90. The number of hydrogen-bond acceptors (Lipinski definition) is 2. The summed E-state index contributed by atoms with van der Waals surface area (Å²) in [7, 11) is 1.86. The molecule has 1 heterocycles. The molecule has 0 spiro atoms. The van der Waals surface area contributed by atoms with Crippen molar-refractivity contribution >= 4 is 11.6 Å². The summed E-state index contributed by atoms with van der Waals surface area (Å²) in [5.74, 6) is -0.862. The molecular formula is C13H17ClF2N2. The molecule has 1 aliphatic heterocycles. The van der Waals surface area contributed by atoms with Crippen LogP contribution >= 0.6 is 11.6 Å². The van der Waals surface area contributed by atoms with Gasteiger partial charge in [-0.2, -0.15) is 0 Å². The zero-order valence-electron chi connectivity index (χ0n) is 10.5. The van der Waals surface area contributed by atoms with Crippen LogP contribution < -0.4 is 5.73 Å². The highest BCUT2D eigenvalue weighted by Crippen LogP contribution is 2.38. The maximum Gasteiger partial charge on any atom is 0.149 e. The van der Waals surface area contributed by atoms with Crippen molar-refractivity contribution in [3.8, 4) is 0 Å². The van der Waals surface area contributed by atoms with Gasteiger partial charge in [0.05, 0.1) is 5.02 Å². The van der Waals surface area contributed by atoms with Gasteiger partial charge in [-0.3, -0.25) is 4.90 Å². The van der Waals surface area contributed by atoms with Gasteiger partial charge in [-0.1, -0.05) is 11.6 Å². The maximum absolute atomic E-state index is 14.1. The third-order valence-corrected chi connectivity index (χ3v) is 3.95. The maximum atomic E-state index is 14.1. The van der Waals surface area contributed by atoms with Crippen molar-refractivity contribution in [2.45, 2.75) is 19.4 Å². The lowest BCUT2D eigenvalue weighted by atomic mass is 9.97. The zero-order chi connectivity index (χ0) is 13.4. The molecule has 1 aliphatic rings. The van der Waals surface area contributed by atoms with E-state index in [1.54, 1.807) is 6.92 Å². The van der Waals surface area contributed by atoms with E-state index in [0.29, 0.717) is 18.5 Å². The molecule has 2 unspecified atom stereocenters. The standard InChI is InChI=1S/C13H17ClF2N2/c1-7-3-9(14)13(16)11(12(7)15)10-4-8(5-17)6-18(10)2/h3,8,10H,4-6,17H2,1-2H3. The summed E-state index contributed by atoms with van der Waals surface area (Å²) >= 11 is 5.80. The first kappa shape index (κ1) is 13.7. The third kappa shape index (κ3) is 2.25. The molecule has 2 rings (SSSR count). The summed E-state index contributed by atoms with van der Waals surface area (Å²) in [6.45, 7) is 2.88. The third-order valence-electron chi connectivity index (χ3n) is 3.67. The largest absolute Gasteiger partial charge is 0.330 e. The van der Waals surface area contributed by atoms with Gasteiger partial charge in [-0.05, 0) is 44.5 Å². The number of nitrogens with zero attached hydrogens (tertiary/aromatic N) is 1. The molecule has 0 saturated carbocycles. The molecule has 0 radical (unpaired) electrons. The predicted octanol–water partition coefficient (Wildman–Crippen LogP) is 2.88. The van der Waals surface area contributed by atoms with Crippen LogP contribution in [0.3, 0.4) is 0 Å². The summed E-state index contributed by atoms with van der Waals surface area (Å²) in [5.41, 5.74) is 6.09. The van der Waals surface area contributed by atoms with E-state index in [0.717, 1.165) is 6.54 Å². The van der Waals surface area contributed by atoms with E-state index in [1.165, 1.54) is 6.07 Å². The van der Waals surface area contributed by atoms with Crippen LogP contribution in [0.5, 0.6) is 0 Å². The first-order valence-electron chi connectivity index (χ1n) is 6.00. The minimum absolute atomic E-state index is 0.0199. The lowest BCUT2D eigenvalue weighted by Crippen LogP contribution is -2.22. The minimum atomic E-state index is -0.644. The first-order chi connectivity index (χ1) is 8.45. The molecule has 18 heavy (non-hydrogen) atoms. The van der Waals surface area contributed by atoms with Crippen LogP contribution in [-0.2, 0) is 0 Å². The van der Waals surface area contributed by atoms with Gasteiger partial charge in [-0.15, -0.1) is 0 Å². The SMILES string of the molecule is Cc1cc(Cl)c(F)c(C2CC(CN)CN2C)c1F. The number of nitrogens with two attached hydrogens (primary N) is 1. The summed E-state index contributed by atoms with van der Waals surface area (Å²) in [5, 5.41) is -0.0199. The fraction of sp³-hybridized carbons (Fsp3) is 0.538. The van der Waals surface area contributed by atoms with Crippen LogP contribution in [0.2, 0.25) is 5.02 Å². The molecule has 100 valence electrons. The second-order valence-corrected chi connectivity index (χ2v) is 5.42. The molecule has 0 bridgehead atoms. The first-order valence-corrected chi connectivity index (χ1v) is 6.37. The van der Waals surface area contributed by atoms with Crippen LogP contribution in [0.4, 0.5) is 8.78 Å². The zero-order valence-corrected chi connectivity index (χ0v) is 11.3. The molecule has 2 N–H and O–H groups in total. The van der Waals surface area contributed by atoms with E-state index in [9.17, 15) is 8.78 Å². The van der Waals surface area contributed by atoms with Gasteiger partial charge in [-0.25, -0.2) is 8.78 Å². The van der Waals surface area contributed by atoms with Crippen molar-refractivity contribution < 1.29 is 8.78 Å². The van der Waals surface area contributed by atoms with E-state index in [4.69, 9.17) is 17.3 Å². The number of hydrogen-bond donors (Lipinski definition) is 1. The molecule has 5 heteroatoms. The van der Waals surface area contributed by atoms with E-state index >= 15 is 0 Å². The molecule has 1 saturated heterocycles. The van der Waals surface area contributed by atoms with E-state index < -0.39 is 11.6 Å². The van der Waals surface area contributed by atoms with Crippen molar-refractivity contribution in [3.05, 3.63) is 33.9 Å². The summed E-state index contributed by atoms with van der Waals surface area (Å²) in [4.78, 5) is 1.94. The van der Waals surface area contributed by atoms with Crippen molar-refractivity contribution in [2.24, 2.45) is 11.7 Å². The lowest BCUT2D eigenvalue weighted by molar-refractivity contribution is 0.298. The molecular weight excluding hydrogens is 258 g/mol. The number of rotatable bonds is 2. The van der Waals surface area contributed by atoms with Crippen LogP contribution in [0.15, 0.2) is 6.07 Å². The van der Waals surface area contributed by atoms with E-state index in [2.05, 4.69) is 0 Å². The summed E-state index contributed by atoms with van der Waals surface area (Å²) < 4.78 is 28.2. The van der Waals surface area contributed by atoms with Gasteiger partial charge < -0.3 is 5.73 Å². The smallest absolute Gasteiger partial charge is 0.149 e. The van der Waals surface area contributed by atoms with E-state index in [-0.39, 0.29) is 22.5 Å². The highest BCUT2D eigenvalue weighted by Gasteiger charge is 2.34. The average Bonchev–Trinajstić information content (AvgIpc) is 2.69. The quantitative estimate of drug-likeness (QED) is 0.841. The Labute approximate surface area is 111 Å². The Morgan fingerprint density at radius 1 is 1.44 bits per heavy atom. The van der Waals surface area contributed by atoms with Crippen LogP contribution in [0.1, 0.15) is 23.6 Å². The normalized spacial score (nSPS) is 24.8. The van der Waals surface area contributed by atoms with Crippen LogP contribution in [-0.4, -0.2) is 25.0 Å².